The molecule has 144 valence electrons. The van der Waals surface area contributed by atoms with Crippen molar-refractivity contribution in [2.75, 3.05) is 0 Å². The fraction of sp³-hybridized carbons (Fsp3) is 0.381. The highest BCUT2D eigenvalue weighted by molar-refractivity contribution is 7.90. The molecule has 0 spiro atoms. The molecule has 0 aromatic heterocycles. The van der Waals surface area contributed by atoms with Gasteiger partial charge in [0.05, 0.1) is 4.90 Å². The monoisotopic (exact) mass is 386 g/mol. The first-order valence-corrected chi connectivity index (χ1v) is 11.0. The number of sulfonamides is 1. The van der Waals surface area contributed by atoms with Crippen LogP contribution in [0.4, 0.5) is 0 Å². The molecule has 3 rings (SSSR count). The minimum Gasteiger partial charge on any atom is -0.310 e. The predicted octanol–water partition coefficient (Wildman–Crippen LogP) is 3.62. The third-order valence-corrected chi connectivity index (χ3v) is 6.29. The number of carbonyl (C=O) groups is 1. The van der Waals surface area contributed by atoms with E-state index in [0.29, 0.717) is 11.6 Å². The summed E-state index contributed by atoms with van der Waals surface area (Å²) in [7, 11) is -3.86. The molecular weight excluding hydrogens is 360 g/mol. The minimum atomic E-state index is -3.86. The molecule has 1 fully saturated rings. The number of rotatable bonds is 6. The Hall–Kier alpha value is -2.18. The van der Waals surface area contributed by atoms with Gasteiger partial charge in [-0.2, -0.15) is 0 Å². The molecular formula is C21H26N2O3S. The molecule has 1 aliphatic rings. The molecule has 0 bridgehead atoms. The summed E-state index contributed by atoms with van der Waals surface area (Å²) in [5.41, 5.74) is 1.41. The van der Waals surface area contributed by atoms with Crippen molar-refractivity contribution < 1.29 is 13.2 Å². The maximum absolute atomic E-state index is 12.3. The zero-order valence-corrected chi connectivity index (χ0v) is 16.2. The number of nitrogens with one attached hydrogen (secondary N) is 2. The van der Waals surface area contributed by atoms with Gasteiger partial charge in [-0.05, 0) is 42.7 Å². The third kappa shape index (κ3) is 5.65. The second kappa shape index (κ2) is 9.15. The van der Waals surface area contributed by atoms with Gasteiger partial charge in [-0.1, -0.05) is 56.0 Å². The predicted molar refractivity (Wildman–Crippen MR) is 106 cm³/mol. The first kappa shape index (κ1) is 19.6. The van der Waals surface area contributed by atoms with Crippen molar-refractivity contribution in [3.8, 4) is 0 Å². The largest absolute Gasteiger partial charge is 0.310 e. The molecule has 0 unspecified atom stereocenters. The van der Waals surface area contributed by atoms with E-state index in [0.717, 1.165) is 12.1 Å². The molecule has 27 heavy (non-hydrogen) atoms. The topological polar surface area (TPSA) is 75.3 Å². The quantitative estimate of drug-likeness (QED) is 0.744. The van der Waals surface area contributed by atoms with E-state index in [4.69, 9.17) is 0 Å². The Bertz CT molecular complexity index is 841. The minimum absolute atomic E-state index is 0.0718. The number of hydrogen-bond acceptors (Lipinski definition) is 4. The zero-order valence-electron chi connectivity index (χ0n) is 15.4. The van der Waals surface area contributed by atoms with Crippen molar-refractivity contribution in [1.29, 1.82) is 0 Å². The summed E-state index contributed by atoms with van der Waals surface area (Å²) in [4.78, 5) is 12.4. The number of amides is 1. The number of hydrogen-bond donors (Lipinski definition) is 2. The van der Waals surface area contributed by atoms with Crippen LogP contribution in [-0.4, -0.2) is 20.4 Å². The third-order valence-electron chi connectivity index (χ3n) is 4.95. The van der Waals surface area contributed by atoms with Crippen LogP contribution < -0.4 is 10.0 Å². The van der Waals surface area contributed by atoms with Gasteiger partial charge in [0, 0.05) is 18.2 Å². The van der Waals surface area contributed by atoms with E-state index in [-0.39, 0.29) is 4.90 Å². The first-order chi connectivity index (χ1) is 13.0. The van der Waals surface area contributed by atoms with E-state index < -0.39 is 15.9 Å². The summed E-state index contributed by atoms with van der Waals surface area (Å²) < 4.78 is 26.6. The summed E-state index contributed by atoms with van der Waals surface area (Å²) in [5, 5.41) is 3.59. The second-order valence-corrected chi connectivity index (χ2v) is 8.70. The lowest BCUT2D eigenvalue weighted by Crippen LogP contribution is -2.30. The van der Waals surface area contributed by atoms with E-state index in [1.165, 1.54) is 50.7 Å². The molecule has 0 aliphatic heterocycles. The van der Waals surface area contributed by atoms with E-state index in [2.05, 4.69) is 10.0 Å². The molecule has 0 radical (unpaired) electrons. The van der Waals surface area contributed by atoms with Crippen LogP contribution in [0.25, 0.3) is 0 Å². The molecule has 2 aromatic rings. The average molecular weight is 387 g/mol. The molecule has 6 heteroatoms. The summed E-state index contributed by atoms with van der Waals surface area (Å²) >= 11 is 0. The lowest BCUT2D eigenvalue weighted by Gasteiger charge is -2.16. The Morgan fingerprint density at radius 3 is 2.15 bits per heavy atom. The van der Waals surface area contributed by atoms with Gasteiger partial charge >= 0.3 is 0 Å². The standard InChI is InChI=1S/C21H26N2O3S/c24-21(23-27(25,26)20-10-6-3-7-11-20)18-14-12-17(13-15-18)16-22-19-8-4-1-2-5-9-19/h3,6-7,10-15,19,22H,1-2,4-5,8-9,16H2,(H,23,24). The zero-order chi connectivity index (χ0) is 19.1. The van der Waals surface area contributed by atoms with Crippen LogP contribution in [0.2, 0.25) is 0 Å². The smallest absolute Gasteiger partial charge is 0.264 e. The van der Waals surface area contributed by atoms with Crippen molar-refractivity contribution in [2.24, 2.45) is 0 Å². The Balaban J connectivity index is 1.57. The molecule has 2 aromatic carbocycles. The Morgan fingerprint density at radius 1 is 0.889 bits per heavy atom. The maximum atomic E-state index is 12.3. The highest BCUT2D eigenvalue weighted by atomic mass is 32.2. The lowest BCUT2D eigenvalue weighted by atomic mass is 10.1. The van der Waals surface area contributed by atoms with E-state index >= 15 is 0 Å². The SMILES string of the molecule is O=C(NS(=O)(=O)c1ccccc1)c1ccc(CNC2CCCCCC2)cc1. The van der Waals surface area contributed by atoms with Crippen molar-refractivity contribution in [3.05, 3.63) is 65.7 Å². The van der Waals surface area contributed by atoms with Crippen LogP contribution in [0.3, 0.4) is 0 Å². The fourth-order valence-corrected chi connectivity index (χ4v) is 4.35. The summed E-state index contributed by atoms with van der Waals surface area (Å²) in [6.07, 6.45) is 7.66. The molecule has 5 nitrogen and oxygen atoms in total. The number of carbonyl (C=O) groups excluding carboxylic acids is 1. The average Bonchev–Trinajstić information content (AvgIpc) is 2.96. The van der Waals surface area contributed by atoms with Crippen LogP contribution in [0.1, 0.15) is 54.4 Å². The van der Waals surface area contributed by atoms with Gasteiger partial charge in [-0.15, -0.1) is 0 Å². The van der Waals surface area contributed by atoms with E-state index in [9.17, 15) is 13.2 Å². The summed E-state index contributed by atoms with van der Waals surface area (Å²) in [5.74, 6) is -0.623. The van der Waals surface area contributed by atoms with Crippen molar-refractivity contribution in [3.63, 3.8) is 0 Å². The van der Waals surface area contributed by atoms with Gasteiger partial charge < -0.3 is 5.32 Å². The Labute approximate surface area is 161 Å². The molecule has 0 heterocycles. The van der Waals surface area contributed by atoms with Crippen molar-refractivity contribution >= 4 is 15.9 Å². The van der Waals surface area contributed by atoms with E-state index in [1.807, 2.05) is 12.1 Å². The van der Waals surface area contributed by atoms with Crippen LogP contribution in [-0.2, 0) is 16.6 Å². The molecule has 1 aliphatic carbocycles. The highest BCUT2D eigenvalue weighted by Gasteiger charge is 2.18. The van der Waals surface area contributed by atoms with Crippen LogP contribution >= 0.6 is 0 Å². The first-order valence-electron chi connectivity index (χ1n) is 9.49. The van der Waals surface area contributed by atoms with Gasteiger partial charge in [-0.25, -0.2) is 13.1 Å². The molecule has 0 saturated heterocycles. The molecule has 1 amide bonds. The molecule has 0 atom stereocenters. The van der Waals surface area contributed by atoms with Gasteiger partial charge in [0.1, 0.15) is 0 Å². The van der Waals surface area contributed by atoms with E-state index in [1.54, 1.807) is 30.3 Å². The lowest BCUT2D eigenvalue weighted by molar-refractivity contribution is 0.0981. The Kier molecular flexibility index (Phi) is 6.63. The van der Waals surface area contributed by atoms with Gasteiger partial charge in [-0.3, -0.25) is 4.79 Å². The van der Waals surface area contributed by atoms with Crippen LogP contribution in [0.5, 0.6) is 0 Å². The molecule has 2 N–H and O–H groups in total. The number of benzene rings is 2. The fourth-order valence-electron chi connectivity index (χ4n) is 3.36. The second-order valence-electron chi connectivity index (χ2n) is 7.01. The van der Waals surface area contributed by atoms with Gasteiger partial charge in [0.2, 0.25) is 0 Å². The maximum Gasteiger partial charge on any atom is 0.264 e. The van der Waals surface area contributed by atoms with Gasteiger partial charge in [0.25, 0.3) is 15.9 Å². The van der Waals surface area contributed by atoms with Crippen molar-refractivity contribution in [1.82, 2.24) is 10.0 Å². The summed E-state index contributed by atoms with van der Waals surface area (Å²) in [6.45, 7) is 0.759. The van der Waals surface area contributed by atoms with Gasteiger partial charge in [0.15, 0.2) is 0 Å². The summed E-state index contributed by atoms with van der Waals surface area (Å²) in [6, 6.07) is 15.5. The Morgan fingerprint density at radius 2 is 1.52 bits per heavy atom. The van der Waals surface area contributed by atoms with Crippen LogP contribution in [0.15, 0.2) is 59.5 Å². The van der Waals surface area contributed by atoms with Crippen LogP contribution in [0, 0.1) is 0 Å². The van der Waals surface area contributed by atoms with Crippen molar-refractivity contribution in [2.45, 2.75) is 56.0 Å². The molecule has 1 saturated carbocycles. The normalized spacial score (nSPS) is 15.9. The highest BCUT2D eigenvalue weighted by Crippen LogP contribution is 2.18.